The molecule has 1 aromatic heterocycles. The highest BCUT2D eigenvalue weighted by atomic mass is 35.5. The molecule has 1 saturated heterocycles. The Kier molecular flexibility index (Phi) is 4.26. The van der Waals surface area contributed by atoms with Crippen LogP contribution in [0.5, 0.6) is 5.75 Å². The van der Waals surface area contributed by atoms with Crippen molar-refractivity contribution in [1.82, 2.24) is 4.98 Å². The molecule has 0 aliphatic carbocycles. The number of nitrogens with one attached hydrogen (secondary N) is 1. The minimum Gasteiger partial charge on any atom is -0.460 e. The maximum absolute atomic E-state index is 9.96. The zero-order valence-corrected chi connectivity index (χ0v) is 12.1. The van der Waals surface area contributed by atoms with Gasteiger partial charge in [0.25, 0.3) is 0 Å². The van der Waals surface area contributed by atoms with Gasteiger partial charge in [-0.2, -0.15) is 0 Å². The van der Waals surface area contributed by atoms with Crippen LogP contribution >= 0.6 is 11.6 Å². The lowest BCUT2D eigenvalue weighted by atomic mass is 9.99. The number of aliphatic hydroxyl groups is 4. The van der Waals surface area contributed by atoms with Crippen molar-refractivity contribution in [3.63, 3.8) is 0 Å². The van der Waals surface area contributed by atoms with Crippen molar-refractivity contribution in [2.24, 2.45) is 0 Å². The molecule has 0 radical (unpaired) electrons. The van der Waals surface area contributed by atoms with Crippen molar-refractivity contribution in [1.29, 1.82) is 0 Å². The Morgan fingerprint density at radius 1 is 1.18 bits per heavy atom. The molecular weight excluding hydrogens is 314 g/mol. The number of rotatable bonds is 3. The lowest BCUT2D eigenvalue weighted by Gasteiger charge is -2.39. The number of fused-ring (bicyclic) bond motifs is 1. The predicted octanol–water partition coefficient (Wildman–Crippen LogP) is -0.000000000000000278. The van der Waals surface area contributed by atoms with E-state index in [1.807, 2.05) is 0 Å². The number of hydrogen-bond acceptors (Lipinski definition) is 6. The van der Waals surface area contributed by atoms with E-state index in [2.05, 4.69) is 4.98 Å². The Bertz CT molecular complexity index is 660. The molecule has 2 aromatic rings. The van der Waals surface area contributed by atoms with Crippen LogP contribution in [0.25, 0.3) is 10.9 Å². The van der Waals surface area contributed by atoms with E-state index in [1.54, 1.807) is 24.4 Å². The number of aromatic amines is 1. The number of halogens is 1. The average Bonchev–Trinajstić information content (AvgIpc) is 2.90. The van der Waals surface area contributed by atoms with Crippen molar-refractivity contribution in [2.45, 2.75) is 30.7 Å². The van der Waals surface area contributed by atoms with Gasteiger partial charge in [-0.25, -0.2) is 0 Å². The molecule has 7 nitrogen and oxygen atoms in total. The summed E-state index contributed by atoms with van der Waals surface area (Å²) >= 11 is 5.90. The second kappa shape index (κ2) is 6.04. The van der Waals surface area contributed by atoms with Crippen LogP contribution in [-0.4, -0.2) is 62.7 Å². The Balaban J connectivity index is 1.84. The molecule has 0 bridgehead atoms. The van der Waals surface area contributed by atoms with Crippen LogP contribution in [0, 0.1) is 0 Å². The molecule has 5 N–H and O–H groups in total. The van der Waals surface area contributed by atoms with Crippen molar-refractivity contribution >= 4 is 22.5 Å². The lowest BCUT2D eigenvalue weighted by molar-refractivity contribution is -0.277. The second-order valence-corrected chi connectivity index (χ2v) is 5.59. The molecule has 0 amide bonds. The smallest absolute Gasteiger partial charge is 0.229 e. The van der Waals surface area contributed by atoms with Gasteiger partial charge in [-0.15, -0.1) is 0 Å². The van der Waals surface area contributed by atoms with E-state index in [1.165, 1.54) is 0 Å². The van der Waals surface area contributed by atoms with E-state index >= 15 is 0 Å². The molecule has 5 atom stereocenters. The molecule has 1 aliphatic heterocycles. The van der Waals surface area contributed by atoms with E-state index in [9.17, 15) is 15.3 Å². The summed E-state index contributed by atoms with van der Waals surface area (Å²) in [6.07, 6.45) is -5.00. The Labute approximate surface area is 130 Å². The van der Waals surface area contributed by atoms with Gasteiger partial charge in [0, 0.05) is 16.6 Å². The number of aliphatic hydroxyl groups excluding tert-OH is 4. The molecular formula is C14H16ClNO6. The van der Waals surface area contributed by atoms with E-state index < -0.39 is 37.3 Å². The molecule has 0 saturated carbocycles. The van der Waals surface area contributed by atoms with Crippen LogP contribution in [0.3, 0.4) is 0 Å². The van der Waals surface area contributed by atoms with E-state index in [0.29, 0.717) is 10.8 Å². The maximum atomic E-state index is 9.96. The highest BCUT2D eigenvalue weighted by Gasteiger charge is 2.44. The molecule has 8 heteroatoms. The summed E-state index contributed by atoms with van der Waals surface area (Å²) in [5, 5.41) is 39.9. The van der Waals surface area contributed by atoms with Gasteiger partial charge in [0.1, 0.15) is 30.2 Å². The SMILES string of the molecule is OC[C@H]1O[C@@H](Oc2c[nH]c3cc(Cl)ccc23)[C@@H](O)[C@H](O)[C@@H]1O. The van der Waals surface area contributed by atoms with Crippen LogP contribution in [-0.2, 0) is 4.74 Å². The number of hydrogen-bond donors (Lipinski definition) is 5. The highest BCUT2D eigenvalue weighted by molar-refractivity contribution is 6.31. The molecule has 3 rings (SSSR count). The third kappa shape index (κ3) is 2.67. The molecule has 2 heterocycles. The third-order valence-electron chi connectivity index (χ3n) is 3.70. The van der Waals surface area contributed by atoms with Crippen LogP contribution in [0.15, 0.2) is 24.4 Å². The van der Waals surface area contributed by atoms with E-state index in [-0.39, 0.29) is 0 Å². The van der Waals surface area contributed by atoms with Gasteiger partial charge in [0.05, 0.1) is 12.1 Å². The first kappa shape index (κ1) is 15.5. The Morgan fingerprint density at radius 3 is 2.68 bits per heavy atom. The monoisotopic (exact) mass is 329 g/mol. The summed E-state index contributed by atoms with van der Waals surface area (Å²) in [5.74, 6) is 0.399. The van der Waals surface area contributed by atoms with Crippen molar-refractivity contribution < 1.29 is 29.9 Å². The quantitative estimate of drug-likeness (QED) is 0.541. The Morgan fingerprint density at radius 2 is 1.95 bits per heavy atom. The molecule has 1 fully saturated rings. The maximum Gasteiger partial charge on any atom is 0.229 e. The second-order valence-electron chi connectivity index (χ2n) is 5.16. The standard InChI is InChI=1S/C14H16ClNO6/c15-6-1-2-7-8(3-6)16-4-9(7)21-14-13(20)12(19)11(18)10(5-17)22-14/h1-4,10-14,16-20H,5H2/t10-,11-,12-,13+,14-/m1/s1. The minimum atomic E-state index is -1.48. The minimum absolute atomic E-state index is 0.399. The largest absolute Gasteiger partial charge is 0.460 e. The zero-order chi connectivity index (χ0) is 15.9. The van der Waals surface area contributed by atoms with Crippen molar-refractivity contribution in [3.8, 4) is 5.75 Å². The van der Waals surface area contributed by atoms with Crippen LogP contribution < -0.4 is 4.74 Å². The van der Waals surface area contributed by atoms with Gasteiger partial charge in [-0.1, -0.05) is 11.6 Å². The number of benzene rings is 1. The van der Waals surface area contributed by atoms with Gasteiger partial charge in [0.15, 0.2) is 0 Å². The average molecular weight is 330 g/mol. The summed E-state index contributed by atoms with van der Waals surface area (Å²) in [5.41, 5.74) is 0.743. The highest BCUT2D eigenvalue weighted by Crippen LogP contribution is 2.31. The number of aromatic nitrogens is 1. The Hall–Kier alpha value is -1.35. The van der Waals surface area contributed by atoms with Crippen LogP contribution in [0.4, 0.5) is 0 Å². The molecule has 1 aromatic carbocycles. The van der Waals surface area contributed by atoms with E-state index in [4.69, 9.17) is 26.2 Å². The first-order chi connectivity index (χ1) is 10.5. The van der Waals surface area contributed by atoms with E-state index in [0.717, 1.165) is 10.9 Å². The predicted molar refractivity (Wildman–Crippen MR) is 77.7 cm³/mol. The van der Waals surface area contributed by atoms with Gasteiger partial charge >= 0.3 is 0 Å². The fraction of sp³-hybridized carbons (Fsp3) is 0.429. The van der Waals surface area contributed by atoms with Crippen molar-refractivity contribution in [3.05, 3.63) is 29.4 Å². The molecule has 0 unspecified atom stereocenters. The van der Waals surface area contributed by atoms with Crippen LogP contribution in [0.1, 0.15) is 0 Å². The number of H-pyrrole nitrogens is 1. The molecule has 22 heavy (non-hydrogen) atoms. The zero-order valence-electron chi connectivity index (χ0n) is 11.4. The fourth-order valence-electron chi connectivity index (χ4n) is 2.46. The summed E-state index contributed by atoms with van der Waals surface area (Å²) < 4.78 is 10.9. The van der Waals surface area contributed by atoms with Gasteiger partial charge in [0.2, 0.25) is 6.29 Å². The van der Waals surface area contributed by atoms with Gasteiger partial charge in [-0.05, 0) is 18.2 Å². The fourth-order valence-corrected chi connectivity index (χ4v) is 2.63. The number of ether oxygens (including phenoxy) is 2. The summed E-state index contributed by atoms with van der Waals surface area (Å²) in [6, 6.07) is 5.16. The van der Waals surface area contributed by atoms with Gasteiger partial charge < -0.3 is 34.9 Å². The first-order valence-corrected chi connectivity index (χ1v) is 7.13. The summed E-state index contributed by atoms with van der Waals surface area (Å²) in [4.78, 5) is 2.97. The van der Waals surface area contributed by atoms with Crippen molar-refractivity contribution in [2.75, 3.05) is 6.61 Å². The topological polar surface area (TPSA) is 115 Å². The molecule has 0 spiro atoms. The van der Waals surface area contributed by atoms with Gasteiger partial charge in [-0.3, -0.25) is 0 Å². The lowest BCUT2D eigenvalue weighted by Crippen LogP contribution is -2.60. The summed E-state index contributed by atoms with van der Waals surface area (Å²) in [6.45, 7) is -0.506. The molecule has 120 valence electrons. The molecule has 1 aliphatic rings. The normalized spacial score (nSPS) is 32.3. The summed E-state index contributed by atoms with van der Waals surface area (Å²) in [7, 11) is 0. The first-order valence-electron chi connectivity index (χ1n) is 6.75. The van der Waals surface area contributed by atoms with Crippen LogP contribution in [0.2, 0.25) is 5.02 Å². The third-order valence-corrected chi connectivity index (χ3v) is 3.93.